The molecule has 144 valence electrons. The summed E-state index contributed by atoms with van der Waals surface area (Å²) in [5.41, 5.74) is 6.00. The minimum absolute atomic E-state index is 0.133. The fourth-order valence-electron chi connectivity index (χ4n) is 3.72. The first kappa shape index (κ1) is 18.5. The summed E-state index contributed by atoms with van der Waals surface area (Å²) in [7, 11) is 0. The van der Waals surface area contributed by atoms with E-state index in [-0.39, 0.29) is 11.3 Å². The Bertz CT molecular complexity index is 1010. The normalized spacial score (nSPS) is 16.3. The maximum absolute atomic E-state index is 6.10. The predicted molar refractivity (Wildman–Crippen MR) is 116 cm³/mol. The van der Waals surface area contributed by atoms with Gasteiger partial charge >= 0.3 is 0 Å². The fraction of sp³-hybridized carbons (Fsp3) is 0.320. The van der Waals surface area contributed by atoms with E-state index < -0.39 is 0 Å². The van der Waals surface area contributed by atoms with E-state index in [4.69, 9.17) is 4.74 Å². The molecule has 2 aromatic carbocycles. The molecule has 1 aromatic heterocycles. The number of hydrogen-bond donors (Lipinski definition) is 1. The minimum Gasteiger partial charge on any atom is -0.493 e. The van der Waals surface area contributed by atoms with Crippen LogP contribution in [0.25, 0.3) is 10.9 Å². The van der Waals surface area contributed by atoms with Gasteiger partial charge in [0.25, 0.3) is 0 Å². The van der Waals surface area contributed by atoms with Gasteiger partial charge in [-0.1, -0.05) is 57.7 Å². The van der Waals surface area contributed by atoms with Gasteiger partial charge in [0.15, 0.2) is 0 Å². The number of benzene rings is 2. The zero-order valence-electron chi connectivity index (χ0n) is 17.0. The maximum Gasteiger partial charge on any atom is 0.122 e. The van der Waals surface area contributed by atoms with Gasteiger partial charge in [-0.3, -0.25) is 4.98 Å². The largest absolute Gasteiger partial charge is 0.493 e. The quantitative estimate of drug-likeness (QED) is 0.667. The summed E-state index contributed by atoms with van der Waals surface area (Å²) >= 11 is 0. The van der Waals surface area contributed by atoms with Gasteiger partial charge in [-0.05, 0) is 46.7 Å². The highest BCUT2D eigenvalue weighted by molar-refractivity contribution is 5.81. The molecule has 0 saturated carbocycles. The number of para-hydroxylation sites is 1. The van der Waals surface area contributed by atoms with Crippen LogP contribution in [0.15, 0.2) is 67.0 Å². The Hall–Kier alpha value is -2.81. The van der Waals surface area contributed by atoms with Crippen molar-refractivity contribution in [2.24, 2.45) is 5.92 Å². The van der Waals surface area contributed by atoms with Gasteiger partial charge < -0.3 is 10.1 Å². The Morgan fingerprint density at radius 3 is 2.82 bits per heavy atom. The summed E-state index contributed by atoms with van der Waals surface area (Å²) in [6.07, 6.45) is 2.83. The lowest BCUT2D eigenvalue weighted by Crippen LogP contribution is -2.29. The van der Waals surface area contributed by atoms with E-state index in [0.717, 1.165) is 29.9 Å². The smallest absolute Gasteiger partial charge is 0.122 e. The number of hydrogen-bond acceptors (Lipinski definition) is 3. The van der Waals surface area contributed by atoms with Crippen molar-refractivity contribution in [3.63, 3.8) is 0 Å². The van der Waals surface area contributed by atoms with E-state index in [0.29, 0.717) is 6.61 Å². The van der Waals surface area contributed by atoms with E-state index in [1.165, 1.54) is 22.1 Å². The molecule has 3 nitrogen and oxygen atoms in total. The summed E-state index contributed by atoms with van der Waals surface area (Å²) in [5.74, 6) is 1.30. The highest BCUT2D eigenvalue weighted by atomic mass is 16.5. The predicted octanol–water partition coefficient (Wildman–Crippen LogP) is 5.39. The van der Waals surface area contributed by atoms with Crippen LogP contribution in [-0.4, -0.2) is 11.6 Å². The molecule has 0 amide bonds. The molecule has 2 heterocycles. The molecular weight excluding hydrogens is 344 g/mol. The zero-order valence-corrected chi connectivity index (χ0v) is 17.0. The lowest BCUT2D eigenvalue weighted by atomic mass is 9.85. The van der Waals surface area contributed by atoms with Gasteiger partial charge in [-0.15, -0.1) is 0 Å². The number of aromatic nitrogens is 1. The highest BCUT2D eigenvalue weighted by Gasteiger charge is 2.24. The van der Waals surface area contributed by atoms with Crippen LogP contribution in [0, 0.1) is 5.92 Å². The Labute approximate surface area is 167 Å². The molecular formula is C25H28N2O. The number of pyridine rings is 1. The molecule has 0 saturated heterocycles. The Morgan fingerprint density at radius 2 is 2.00 bits per heavy atom. The Balaban J connectivity index is 1.44. The Kier molecular flexibility index (Phi) is 4.84. The Morgan fingerprint density at radius 1 is 1.18 bits per heavy atom. The summed E-state index contributed by atoms with van der Waals surface area (Å²) in [4.78, 5) is 4.44. The third-order valence-electron chi connectivity index (χ3n) is 5.58. The number of nitrogens with one attached hydrogen (secondary N) is 1. The molecule has 3 heteroatoms. The summed E-state index contributed by atoms with van der Waals surface area (Å²) < 4.78 is 6.10. The number of ether oxygens (including phenoxy) is 1. The van der Waals surface area contributed by atoms with E-state index in [1.54, 1.807) is 0 Å². The average molecular weight is 373 g/mol. The molecule has 1 unspecified atom stereocenters. The van der Waals surface area contributed by atoms with Crippen LogP contribution >= 0.6 is 0 Å². The molecule has 28 heavy (non-hydrogen) atoms. The third kappa shape index (κ3) is 3.75. The molecule has 0 radical (unpaired) electrons. The van der Waals surface area contributed by atoms with Crippen molar-refractivity contribution < 1.29 is 4.74 Å². The van der Waals surface area contributed by atoms with E-state index in [9.17, 15) is 0 Å². The van der Waals surface area contributed by atoms with Crippen molar-refractivity contribution in [1.82, 2.24) is 10.3 Å². The van der Waals surface area contributed by atoms with Gasteiger partial charge in [0, 0.05) is 29.7 Å². The van der Waals surface area contributed by atoms with Gasteiger partial charge in [0.2, 0.25) is 0 Å². The molecule has 0 fully saturated rings. The van der Waals surface area contributed by atoms with Crippen LogP contribution in [-0.2, 0) is 18.4 Å². The van der Waals surface area contributed by atoms with Crippen molar-refractivity contribution >= 4 is 10.9 Å². The second kappa shape index (κ2) is 7.31. The minimum atomic E-state index is 0.133. The SMILES string of the molecule is C=C(NCc1ccnc2ccccc12)C1COc2cc(C(C)(C)C)ccc2C1. The molecule has 1 atom stereocenters. The highest BCUT2D eigenvalue weighted by Crippen LogP contribution is 2.34. The maximum atomic E-state index is 6.10. The standard InChI is InChI=1S/C25H28N2O/c1-17(27-15-19-11-12-26-23-8-6-5-7-22(19)23)20-13-18-9-10-21(25(2,3)4)14-24(18)28-16-20/h5-12,14,20,27H,1,13,15-16H2,2-4H3. The molecule has 0 aliphatic carbocycles. The van der Waals surface area contributed by atoms with E-state index in [1.807, 2.05) is 18.3 Å². The molecule has 0 spiro atoms. The van der Waals surface area contributed by atoms with Crippen LogP contribution in [0.5, 0.6) is 5.75 Å². The van der Waals surface area contributed by atoms with Crippen molar-refractivity contribution in [3.05, 3.63) is 83.7 Å². The topological polar surface area (TPSA) is 34.2 Å². The van der Waals surface area contributed by atoms with Gasteiger partial charge in [-0.25, -0.2) is 0 Å². The number of fused-ring (bicyclic) bond motifs is 2. The zero-order chi connectivity index (χ0) is 19.7. The van der Waals surface area contributed by atoms with Crippen LogP contribution in [0.4, 0.5) is 0 Å². The first-order valence-electron chi connectivity index (χ1n) is 9.93. The number of nitrogens with zero attached hydrogens (tertiary/aromatic N) is 1. The average Bonchev–Trinajstić information content (AvgIpc) is 2.70. The monoisotopic (exact) mass is 372 g/mol. The van der Waals surface area contributed by atoms with Gasteiger partial charge in [-0.2, -0.15) is 0 Å². The fourth-order valence-corrected chi connectivity index (χ4v) is 3.72. The first-order valence-corrected chi connectivity index (χ1v) is 9.93. The lowest BCUT2D eigenvalue weighted by Gasteiger charge is -2.29. The second-order valence-corrected chi connectivity index (χ2v) is 8.65. The summed E-state index contributed by atoms with van der Waals surface area (Å²) in [5, 5.41) is 4.71. The molecule has 1 N–H and O–H groups in total. The van der Waals surface area contributed by atoms with Crippen LogP contribution in [0.2, 0.25) is 0 Å². The first-order chi connectivity index (χ1) is 13.4. The van der Waals surface area contributed by atoms with Crippen molar-refractivity contribution in [2.45, 2.75) is 39.2 Å². The van der Waals surface area contributed by atoms with Crippen molar-refractivity contribution in [2.75, 3.05) is 6.61 Å². The van der Waals surface area contributed by atoms with Crippen LogP contribution < -0.4 is 10.1 Å². The van der Waals surface area contributed by atoms with E-state index in [2.05, 4.69) is 74.0 Å². The molecule has 3 aromatic rings. The molecule has 1 aliphatic heterocycles. The van der Waals surface area contributed by atoms with E-state index >= 15 is 0 Å². The van der Waals surface area contributed by atoms with Crippen molar-refractivity contribution in [1.29, 1.82) is 0 Å². The summed E-state index contributed by atoms with van der Waals surface area (Å²) in [6.45, 7) is 12.4. The lowest BCUT2D eigenvalue weighted by molar-refractivity contribution is 0.237. The molecule has 1 aliphatic rings. The second-order valence-electron chi connectivity index (χ2n) is 8.65. The molecule has 4 rings (SSSR count). The van der Waals surface area contributed by atoms with Crippen LogP contribution in [0.1, 0.15) is 37.5 Å². The van der Waals surface area contributed by atoms with Crippen molar-refractivity contribution in [3.8, 4) is 5.75 Å². The molecule has 0 bridgehead atoms. The third-order valence-corrected chi connectivity index (χ3v) is 5.58. The summed E-state index contributed by atoms with van der Waals surface area (Å²) in [6, 6.07) is 17.0. The van der Waals surface area contributed by atoms with Gasteiger partial charge in [0.05, 0.1) is 12.1 Å². The number of rotatable bonds is 4. The van der Waals surface area contributed by atoms with Gasteiger partial charge in [0.1, 0.15) is 5.75 Å². The van der Waals surface area contributed by atoms with Crippen LogP contribution in [0.3, 0.4) is 0 Å².